The summed E-state index contributed by atoms with van der Waals surface area (Å²) in [5.74, 6) is 0.440. The quantitative estimate of drug-likeness (QED) is 0.806. The number of carbonyl (C=O) groups is 2. The molecule has 4 rings (SSSR count). The van der Waals surface area contributed by atoms with Gasteiger partial charge in [-0.1, -0.05) is 18.2 Å². The number of rotatable bonds is 4. The number of hydrogen-bond acceptors (Lipinski definition) is 5. The summed E-state index contributed by atoms with van der Waals surface area (Å²) in [7, 11) is 1.60. The van der Waals surface area contributed by atoms with E-state index in [1.807, 2.05) is 50.2 Å². The van der Waals surface area contributed by atoms with Gasteiger partial charge in [0.2, 0.25) is 0 Å². The van der Waals surface area contributed by atoms with Crippen LogP contribution in [0.3, 0.4) is 0 Å². The largest absolute Gasteiger partial charge is 0.496 e. The van der Waals surface area contributed by atoms with Crippen LogP contribution in [0.4, 0.5) is 5.82 Å². The van der Waals surface area contributed by atoms with Crippen LogP contribution in [0.1, 0.15) is 43.2 Å². The first-order chi connectivity index (χ1) is 14.5. The van der Waals surface area contributed by atoms with Crippen LogP contribution in [0.25, 0.3) is 0 Å². The molecule has 2 aromatic rings. The average molecular weight is 403 g/mol. The minimum absolute atomic E-state index is 0.0751. The number of aryl methyl sites for hydroxylation is 1. The fourth-order valence-electron chi connectivity index (χ4n) is 4.29. The minimum Gasteiger partial charge on any atom is -0.496 e. The van der Waals surface area contributed by atoms with Gasteiger partial charge >= 0.3 is 0 Å². The normalized spacial score (nSPS) is 18.6. The van der Waals surface area contributed by atoms with Gasteiger partial charge in [0.05, 0.1) is 13.0 Å². The predicted octanol–water partition coefficient (Wildman–Crippen LogP) is 4.01. The number of aromatic nitrogens is 1. The number of hydrogen-bond donors (Lipinski definition) is 2. The van der Waals surface area contributed by atoms with Crippen LogP contribution in [-0.4, -0.2) is 23.8 Å². The topological polar surface area (TPSA) is 80.3 Å². The van der Waals surface area contributed by atoms with Gasteiger partial charge in [0.25, 0.3) is 5.91 Å². The predicted molar refractivity (Wildman–Crippen MR) is 115 cm³/mol. The summed E-state index contributed by atoms with van der Waals surface area (Å²) in [6.45, 7) is 3.82. The second-order valence-corrected chi connectivity index (χ2v) is 7.68. The number of ketones is 1. The number of methoxy groups -OCH3 is 1. The lowest BCUT2D eigenvalue weighted by atomic mass is 9.74. The Balaban J connectivity index is 1.82. The smallest absolute Gasteiger partial charge is 0.255 e. The Morgan fingerprint density at radius 2 is 2.00 bits per heavy atom. The Morgan fingerprint density at radius 1 is 1.20 bits per heavy atom. The van der Waals surface area contributed by atoms with E-state index in [0.29, 0.717) is 29.1 Å². The molecule has 2 aliphatic rings. The maximum atomic E-state index is 13.4. The van der Waals surface area contributed by atoms with Gasteiger partial charge in [0.15, 0.2) is 5.78 Å². The monoisotopic (exact) mass is 403 g/mol. The van der Waals surface area contributed by atoms with Crippen molar-refractivity contribution in [3.8, 4) is 5.75 Å². The van der Waals surface area contributed by atoms with Crippen molar-refractivity contribution >= 4 is 17.5 Å². The zero-order valence-electron chi connectivity index (χ0n) is 17.4. The standard InChI is InChI=1S/C24H25N3O3/c1-14-11-12-25-20(13-14)27-24(29)21-15(2)26-17-8-6-9-18(28)23(17)22(21)16-7-4-5-10-19(16)30-3/h4-5,7,10-13,22,26H,6,8-9H2,1-3H3,(H,25,27,29)/t22-/m1/s1. The van der Waals surface area contributed by atoms with E-state index in [2.05, 4.69) is 15.6 Å². The fourth-order valence-corrected chi connectivity index (χ4v) is 4.29. The van der Waals surface area contributed by atoms with Gasteiger partial charge in [-0.25, -0.2) is 4.98 Å². The number of Topliss-reactive ketones (excluding diaryl/α,β-unsaturated/α-hetero) is 1. The van der Waals surface area contributed by atoms with Crippen molar-refractivity contribution in [3.05, 3.63) is 76.3 Å². The lowest BCUT2D eigenvalue weighted by Crippen LogP contribution is -2.35. The second kappa shape index (κ2) is 8.14. The summed E-state index contributed by atoms with van der Waals surface area (Å²) in [4.78, 5) is 30.7. The van der Waals surface area contributed by atoms with E-state index >= 15 is 0 Å². The highest BCUT2D eigenvalue weighted by Crippen LogP contribution is 2.45. The van der Waals surface area contributed by atoms with Crippen LogP contribution >= 0.6 is 0 Å². The first-order valence-corrected chi connectivity index (χ1v) is 10.1. The number of allylic oxidation sites excluding steroid dienone is 3. The zero-order valence-corrected chi connectivity index (χ0v) is 17.4. The first-order valence-electron chi connectivity index (χ1n) is 10.1. The molecule has 1 aromatic carbocycles. The number of dihydropyridines is 1. The lowest BCUT2D eigenvalue weighted by Gasteiger charge is -2.35. The molecule has 0 spiro atoms. The molecule has 6 heteroatoms. The molecule has 1 aromatic heterocycles. The molecule has 0 bridgehead atoms. The molecule has 1 aliphatic heterocycles. The number of amides is 1. The molecule has 1 amide bonds. The second-order valence-electron chi connectivity index (χ2n) is 7.68. The first kappa shape index (κ1) is 19.9. The van der Waals surface area contributed by atoms with Gasteiger partial charge < -0.3 is 15.4 Å². The molecule has 1 atom stereocenters. The average Bonchev–Trinajstić information content (AvgIpc) is 2.72. The van der Waals surface area contributed by atoms with E-state index < -0.39 is 5.92 Å². The maximum absolute atomic E-state index is 13.4. The van der Waals surface area contributed by atoms with Gasteiger partial charge in [-0.05, 0) is 50.5 Å². The van der Waals surface area contributed by atoms with E-state index in [1.165, 1.54) is 0 Å². The third-order valence-corrected chi connectivity index (χ3v) is 5.63. The molecule has 2 N–H and O–H groups in total. The number of carbonyl (C=O) groups excluding carboxylic acids is 2. The molecule has 30 heavy (non-hydrogen) atoms. The highest BCUT2D eigenvalue weighted by atomic mass is 16.5. The molecule has 0 saturated carbocycles. The van der Waals surface area contributed by atoms with Crippen LogP contribution in [0.2, 0.25) is 0 Å². The van der Waals surface area contributed by atoms with Gasteiger partial charge in [-0.3, -0.25) is 9.59 Å². The summed E-state index contributed by atoms with van der Waals surface area (Å²) in [5.41, 5.74) is 4.64. The number of ether oxygens (including phenoxy) is 1. The van der Waals surface area contributed by atoms with Crippen molar-refractivity contribution in [1.82, 2.24) is 10.3 Å². The van der Waals surface area contributed by atoms with Crippen LogP contribution < -0.4 is 15.4 Å². The molecular weight excluding hydrogens is 378 g/mol. The number of para-hydroxylation sites is 1. The zero-order chi connectivity index (χ0) is 21.3. The van der Waals surface area contributed by atoms with Crippen molar-refractivity contribution in [1.29, 1.82) is 0 Å². The highest BCUT2D eigenvalue weighted by Gasteiger charge is 2.39. The molecular formula is C24H25N3O3. The molecule has 0 saturated heterocycles. The highest BCUT2D eigenvalue weighted by molar-refractivity contribution is 6.09. The van der Waals surface area contributed by atoms with Crippen LogP contribution in [-0.2, 0) is 9.59 Å². The molecule has 0 fully saturated rings. The summed E-state index contributed by atoms with van der Waals surface area (Å²) >= 11 is 0. The van der Waals surface area contributed by atoms with E-state index in [9.17, 15) is 9.59 Å². The third-order valence-electron chi connectivity index (χ3n) is 5.63. The maximum Gasteiger partial charge on any atom is 0.255 e. The number of nitrogens with zero attached hydrogens (tertiary/aromatic N) is 1. The molecule has 6 nitrogen and oxygen atoms in total. The summed E-state index contributed by atoms with van der Waals surface area (Å²) in [6, 6.07) is 11.3. The van der Waals surface area contributed by atoms with Crippen molar-refractivity contribution in [2.75, 3.05) is 12.4 Å². The van der Waals surface area contributed by atoms with E-state index in [0.717, 1.165) is 35.4 Å². The Labute approximate surface area is 176 Å². The van der Waals surface area contributed by atoms with E-state index in [1.54, 1.807) is 13.3 Å². The van der Waals surface area contributed by atoms with Crippen LogP contribution in [0.5, 0.6) is 5.75 Å². The number of nitrogens with one attached hydrogen (secondary N) is 2. The Morgan fingerprint density at radius 3 is 2.77 bits per heavy atom. The Hall–Kier alpha value is -3.41. The summed E-state index contributed by atoms with van der Waals surface area (Å²) in [5, 5.41) is 6.24. The van der Waals surface area contributed by atoms with E-state index in [-0.39, 0.29) is 11.7 Å². The lowest BCUT2D eigenvalue weighted by molar-refractivity contribution is -0.116. The summed E-state index contributed by atoms with van der Waals surface area (Å²) in [6.07, 6.45) is 3.75. The number of benzene rings is 1. The van der Waals surface area contributed by atoms with Crippen molar-refractivity contribution in [2.24, 2.45) is 0 Å². The Bertz CT molecular complexity index is 1080. The molecule has 0 radical (unpaired) electrons. The summed E-state index contributed by atoms with van der Waals surface area (Å²) < 4.78 is 5.59. The molecule has 2 heterocycles. The number of anilines is 1. The van der Waals surface area contributed by atoms with Crippen LogP contribution in [0.15, 0.2) is 65.1 Å². The molecule has 0 unspecified atom stereocenters. The molecule has 1 aliphatic carbocycles. The SMILES string of the molecule is COc1ccccc1[C@@H]1C(C(=O)Nc2cc(C)ccn2)=C(C)NC2=C1C(=O)CCC2. The fraction of sp³-hybridized carbons (Fsp3) is 0.292. The van der Waals surface area contributed by atoms with Gasteiger partial charge in [-0.15, -0.1) is 0 Å². The van der Waals surface area contributed by atoms with Gasteiger partial charge in [-0.2, -0.15) is 0 Å². The van der Waals surface area contributed by atoms with Crippen molar-refractivity contribution < 1.29 is 14.3 Å². The van der Waals surface area contributed by atoms with Gasteiger partial charge in [0, 0.05) is 40.7 Å². The van der Waals surface area contributed by atoms with Crippen LogP contribution in [0, 0.1) is 6.92 Å². The number of pyridine rings is 1. The molecule has 154 valence electrons. The third kappa shape index (κ3) is 3.61. The minimum atomic E-state index is -0.491. The van der Waals surface area contributed by atoms with Crippen molar-refractivity contribution in [2.45, 2.75) is 39.0 Å². The van der Waals surface area contributed by atoms with E-state index in [4.69, 9.17) is 4.74 Å². The Kier molecular flexibility index (Phi) is 5.40. The van der Waals surface area contributed by atoms with Gasteiger partial charge in [0.1, 0.15) is 11.6 Å². The van der Waals surface area contributed by atoms with Crippen molar-refractivity contribution in [3.63, 3.8) is 0 Å².